The summed E-state index contributed by atoms with van der Waals surface area (Å²) in [5.74, 6) is 1.94. The van der Waals surface area contributed by atoms with Crippen LogP contribution in [0.4, 0.5) is 0 Å². The van der Waals surface area contributed by atoms with Gasteiger partial charge in [0.15, 0.2) is 0 Å². The van der Waals surface area contributed by atoms with Crippen LogP contribution in [0.2, 0.25) is 0 Å². The number of nitrogens with one attached hydrogen (secondary N) is 1. The van der Waals surface area contributed by atoms with Crippen LogP contribution < -0.4 is 5.32 Å². The van der Waals surface area contributed by atoms with Crippen molar-refractivity contribution in [2.75, 3.05) is 33.2 Å². The van der Waals surface area contributed by atoms with Crippen LogP contribution in [-0.2, 0) is 0 Å². The number of hydrogen-bond donors (Lipinski definition) is 1. The van der Waals surface area contributed by atoms with Gasteiger partial charge in [-0.25, -0.2) is 0 Å². The van der Waals surface area contributed by atoms with Gasteiger partial charge < -0.3 is 10.2 Å². The van der Waals surface area contributed by atoms with Gasteiger partial charge in [-0.2, -0.15) is 0 Å². The first kappa shape index (κ1) is 5.69. The molecule has 2 heterocycles. The third kappa shape index (κ3) is 0.864. The van der Waals surface area contributed by atoms with Crippen LogP contribution in [0.15, 0.2) is 0 Å². The quantitative estimate of drug-likeness (QED) is 0.482. The fourth-order valence-electron chi connectivity index (χ4n) is 2.09. The largest absolute Gasteiger partial charge is 0.316 e. The smallest absolute Gasteiger partial charge is 0.00225 e. The summed E-state index contributed by atoms with van der Waals surface area (Å²) in [6.07, 6.45) is 0. The molecule has 2 rings (SSSR count). The number of likely N-dealkylation sites (tertiary alicyclic amines) is 1. The summed E-state index contributed by atoms with van der Waals surface area (Å²) in [7, 11) is 2.22. The molecule has 0 amide bonds. The van der Waals surface area contributed by atoms with Gasteiger partial charge in [-0.05, 0) is 32.0 Å². The lowest BCUT2D eigenvalue weighted by molar-refractivity contribution is 0.382. The van der Waals surface area contributed by atoms with E-state index in [1.54, 1.807) is 0 Å². The van der Waals surface area contributed by atoms with E-state index >= 15 is 0 Å². The van der Waals surface area contributed by atoms with E-state index in [2.05, 4.69) is 17.3 Å². The second-order valence-corrected chi connectivity index (χ2v) is 3.40. The molecule has 0 aromatic heterocycles. The van der Waals surface area contributed by atoms with E-state index < -0.39 is 0 Å². The van der Waals surface area contributed by atoms with E-state index in [0.29, 0.717) is 0 Å². The molecule has 2 fully saturated rings. The van der Waals surface area contributed by atoms with Crippen LogP contribution in [0.1, 0.15) is 0 Å². The SMILES string of the molecule is CN1CC2CNC[C@H]2C1. The first-order valence-corrected chi connectivity index (χ1v) is 3.75. The zero-order valence-electron chi connectivity index (χ0n) is 5.93. The first-order chi connectivity index (χ1) is 4.36. The van der Waals surface area contributed by atoms with Gasteiger partial charge in [0.2, 0.25) is 0 Å². The van der Waals surface area contributed by atoms with Gasteiger partial charge in [0.25, 0.3) is 0 Å². The Morgan fingerprint density at radius 1 is 1.22 bits per heavy atom. The van der Waals surface area contributed by atoms with Crippen LogP contribution in [-0.4, -0.2) is 38.1 Å². The van der Waals surface area contributed by atoms with Crippen molar-refractivity contribution in [2.24, 2.45) is 11.8 Å². The van der Waals surface area contributed by atoms with Crippen molar-refractivity contribution in [1.82, 2.24) is 10.2 Å². The van der Waals surface area contributed by atoms with Crippen molar-refractivity contribution in [3.8, 4) is 0 Å². The molecule has 0 aliphatic carbocycles. The standard InChI is InChI=1S/C7H14N2/c1-9-4-6-2-8-3-7(6)5-9/h6-8H,2-5H2,1H3/t6-,7?/m0/s1. The second kappa shape index (κ2) is 1.96. The Morgan fingerprint density at radius 2 is 1.78 bits per heavy atom. The van der Waals surface area contributed by atoms with Gasteiger partial charge in [0.05, 0.1) is 0 Å². The summed E-state index contributed by atoms with van der Waals surface area (Å²) in [5, 5.41) is 3.42. The molecule has 0 aromatic carbocycles. The van der Waals surface area contributed by atoms with E-state index in [-0.39, 0.29) is 0 Å². The molecule has 9 heavy (non-hydrogen) atoms. The van der Waals surface area contributed by atoms with E-state index in [1.807, 2.05) is 0 Å². The zero-order valence-corrected chi connectivity index (χ0v) is 5.93. The van der Waals surface area contributed by atoms with Crippen molar-refractivity contribution in [3.63, 3.8) is 0 Å². The topological polar surface area (TPSA) is 15.3 Å². The maximum Gasteiger partial charge on any atom is 0.00225 e. The molecule has 0 saturated carbocycles. The molecular formula is C7H14N2. The first-order valence-electron chi connectivity index (χ1n) is 3.75. The zero-order chi connectivity index (χ0) is 6.27. The van der Waals surface area contributed by atoms with Crippen molar-refractivity contribution in [2.45, 2.75) is 0 Å². The number of hydrogen-bond acceptors (Lipinski definition) is 2. The summed E-state index contributed by atoms with van der Waals surface area (Å²) in [5.41, 5.74) is 0. The number of rotatable bonds is 0. The summed E-state index contributed by atoms with van der Waals surface area (Å²) in [4.78, 5) is 2.44. The van der Waals surface area contributed by atoms with Gasteiger partial charge in [0, 0.05) is 13.1 Å². The Hall–Kier alpha value is -0.0800. The Bertz CT molecular complexity index is 101. The molecule has 2 aliphatic rings. The van der Waals surface area contributed by atoms with Gasteiger partial charge in [-0.15, -0.1) is 0 Å². The van der Waals surface area contributed by atoms with Crippen molar-refractivity contribution in [3.05, 3.63) is 0 Å². The molecule has 52 valence electrons. The minimum Gasteiger partial charge on any atom is -0.316 e. The van der Waals surface area contributed by atoms with E-state index in [9.17, 15) is 0 Å². The molecule has 2 saturated heterocycles. The van der Waals surface area contributed by atoms with Crippen LogP contribution in [0.3, 0.4) is 0 Å². The molecule has 2 aliphatic heterocycles. The van der Waals surface area contributed by atoms with Gasteiger partial charge in [0.1, 0.15) is 0 Å². The molecule has 2 heteroatoms. The monoisotopic (exact) mass is 126 g/mol. The normalized spacial score (nSPS) is 43.7. The predicted octanol–water partition coefficient (Wildman–Crippen LogP) is -0.233. The Morgan fingerprint density at radius 3 is 2.33 bits per heavy atom. The van der Waals surface area contributed by atoms with Crippen molar-refractivity contribution >= 4 is 0 Å². The number of nitrogens with zero attached hydrogens (tertiary/aromatic N) is 1. The molecular weight excluding hydrogens is 112 g/mol. The molecule has 0 radical (unpaired) electrons. The molecule has 1 unspecified atom stereocenters. The molecule has 2 nitrogen and oxygen atoms in total. The lowest BCUT2D eigenvalue weighted by atomic mass is 10.0. The van der Waals surface area contributed by atoms with Crippen LogP contribution in [0.5, 0.6) is 0 Å². The number of fused-ring (bicyclic) bond motifs is 1. The fraction of sp³-hybridized carbons (Fsp3) is 1.00. The fourth-order valence-corrected chi connectivity index (χ4v) is 2.09. The highest BCUT2D eigenvalue weighted by atomic mass is 15.2. The highest BCUT2D eigenvalue weighted by Crippen LogP contribution is 2.24. The lowest BCUT2D eigenvalue weighted by Crippen LogP contribution is -2.21. The van der Waals surface area contributed by atoms with E-state index in [1.165, 1.54) is 26.2 Å². The summed E-state index contributed by atoms with van der Waals surface area (Å²) in [6.45, 7) is 5.15. The Kier molecular flexibility index (Phi) is 1.24. The third-order valence-corrected chi connectivity index (χ3v) is 2.57. The maximum absolute atomic E-state index is 3.42. The minimum absolute atomic E-state index is 0.968. The van der Waals surface area contributed by atoms with E-state index in [4.69, 9.17) is 0 Å². The average Bonchev–Trinajstić information content (AvgIpc) is 2.22. The van der Waals surface area contributed by atoms with Gasteiger partial charge in [-0.3, -0.25) is 0 Å². The molecule has 0 spiro atoms. The highest BCUT2D eigenvalue weighted by molar-refractivity contribution is 4.89. The van der Waals surface area contributed by atoms with E-state index in [0.717, 1.165) is 11.8 Å². The Balaban J connectivity index is 2.02. The predicted molar refractivity (Wildman–Crippen MR) is 37.3 cm³/mol. The van der Waals surface area contributed by atoms with Crippen molar-refractivity contribution in [1.29, 1.82) is 0 Å². The van der Waals surface area contributed by atoms with Crippen molar-refractivity contribution < 1.29 is 0 Å². The summed E-state index contributed by atoms with van der Waals surface area (Å²) in [6, 6.07) is 0. The van der Waals surface area contributed by atoms with Gasteiger partial charge in [-0.1, -0.05) is 0 Å². The molecule has 0 aromatic rings. The molecule has 2 atom stereocenters. The maximum atomic E-state index is 3.42. The average molecular weight is 126 g/mol. The van der Waals surface area contributed by atoms with Crippen LogP contribution >= 0.6 is 0 Å². The third-order valence-electron chi connectivity index (χ3n) is 2.57. The second-order valence-electron chi connectivity index (χ2n) is 3.40. The Labute approximate surface area is 56.2 Å². The summed E-state index contributed by atoms with van der Waals surface area (Å²) < 4.78 is 0. The summed E-state index contributed by atoms with van der Waals surface area (Å²) >= 11 is 0. The molecule has 1 N–H and O–H groups in total. The lowest BCUT2D eigenvalue weighted by Gasteiger charge is -2.07. The van der Waals surface area contributed by atoms with Crippen LogP contribution in [0, 0.1) is 11.8 Å². The minimum atomic E-state index is 0.968. The van der Waals surface area contributed by atoms with Crippen LogP contribution in [0.25, 0.3) is 0 Å². The molecule has 0 bridgehead atoms. The van der Waals surface area contributed by atoms with Gasteiger partial charge >= 0.3 is 0 Å². The highest BCUT2D eigenvalue weighted by Gasteiger charge is 2.33.